The van der Waals surface area contributed by atoms with Crippen LogP contribution in [0.15, 0.2) is 18.3 Å². The number of anilines is 1. The van der Waals surface area contributed by atoms with Crippen molar-refractivity contribution in [3.05, 3.63) is 24.0 Å². The zero-order chi connectivity index (χ0) is 11.5. The number of sulfone groups is 1. The Hall–Kier alpha value is -1.10. The molecule has 0 aliphatic carbocycles. The summed E-state index contributed by atoms with van der Waals surface area (Å²) in [4.78, 5) is 4.12. The third-order valence-electron chi connectivity index (χ3n) is 1.96. The first-order valence-electron chi connectivity index (χ1n) is 4.74. The molecular formula is C10H16N2O2S. The summed E-state index contributed by atoms with van der Waals surface area (Å²) in [5.41, 5.74) is 1.76. The minimum absolute atomic E-state index is 0.108. The summed E-state index contributed by atoms with van der Waals surface area (Å²) in [7, 11) is -2.94. The van der Waals surface area contributed by atoms with Crippen LogP contribution in [0.4, 0.5) is 5.69 Å². The lowest BCUT2D eigenvalue weighted by atomic mass is 10.3. The molecule has 0 saturated carbocycles. The van der Waals surface area contributed by atoms with E-state index in [9.17, 15) is 8.42 Å². The Bertz CT molecular complexity index is 429. The van der Waals surface area contributed by atoms with Gasteiger partial charge in [-0.15, -0.1) is 0 Å². The maximum Gasteiger partial charge on any atom is 0.149 e. The standard InChI is InChI=1S/C10H16N2O2S/c1-8(7-15(3,13)14)12-10-5-4-6-11-9(10)2/h4-6,8,12H,7H2,1-3H3/t8-/m1/s1. The summed E-state index contributed by atoms with van der Waals surface area (Å²) < 4.78 is 22.1. The molecule has 1 N–H and O–H groups in total. The van der Waals surface area contributed by atoms with Crippen LogP contribution in [0.2, 0.25) is 0 Å². The first-order chi connectivity index (χ1) is 6.88. The van der Waals surface area contributed by atoms with Crippen LogP contribution in [-0.2, 0) is 9.84 Å². The summed E-state index contributed by atoms with van der Waals surface area (Å²) in [6.07, 6.45) is 2.95. The largest absolute Gasteiger partial charge is 0.380 e. The van der Waals surface area contributed by atoms with Gasteiger partial charge in [0, 0.05) is 18.5 Å². The van der Waals surface area contributed by atoms with Gasteiger partial charge < -0.3 is 5.32 Å². The van der Waals surface area contributed by atoms with Crippen LogP contribution in [-0.4, -0.2) is 31.5 Å². The summed E-state index contributed by atoms with van der Waals surface area (Å²) in [6.45, 7) is 3.73. The zero-order valence-electron chi connectivity index (χ0n) is 9.19. The number of hydrogen-bond acceptors (Lipinski definition) is 4. The SMILES string of the molecule is Cc1ncccc1N[C@H](C)CS(C)(=O)=O. The van der Waals surface area contributed by atoms with Crippen molar-refractivity contribution in [1.82, 2.24) is 4.98 Å². The fraction of sp³-hybridized carbons (Fsp3) is 0.500. The third kappa shape index (κ3) is 4.29. The van der Waals surface area contributed by atoms with Crippen LogP contribution in [0.5, 0.6) is 0 Å². The van der Waals surface area contributed by atoms with Gasteiger partial charge in [0.15, 0.2) is 0 Å². The predicted octanol–water partition coefficient (Wildman–Crippen LogP) is 1.24. The molecule has 0 aliphatic heterocycles. The smallest absolute Gasteiger partial charge is 0.149 e. The Morgan fingerprint density at radius 3 is 2.73 bits per heavy atom. The van der Waals surface area contributed by atoms with Crippen molar-refractivity contribution in [2.75, 3.05) is 17.3 Å². The lowest BCUT2D eigenvalue weighted by Crippen LogP contribution is -2.25. The maximum absolute atomic E-state index is 11.1. The minimum atomic E-state index is -2.94. The molecule has 15 heavy (non-hydrogen) atoms. The second-order valence-electron chi connectivity index (χ2n) is 3.77. The molecule has 5 heteroatoms. The molecule has 0 aromatic carbocycles. The van der Waals surface area contributed by atoms with Crippen LogP contribution >= 0.6 is 0 Å². The average Bonchev–Trinajstić information content (AvgIpc) is 2.05. The Morgan fingerprint density at radius 1 is 1.53 bits per heavy atom. The Kier molecular flexibility index (Phi) is 3.68. The van der Waals surface area contributed by atoms with Gasteiger partial charge in [0.25, 0.3) is 0 Å². The van der Waals surface area contributed by atoms with E-state index in [1.807, 2.05) is 26.0 Å². The fourth-order valence-electron chi connectivity index (χ4n) is 1.40. The topological polar surface area (TPSA) is 59.1 Å². The van der Waals surface area contributed by atoms with E-state index in [2.05, 4.69) is 10.3 Å². The number of aryl methyl sites for hydroxylation is 1. The molecule has 0 saturated heterocycles. The summed E-state index contributed by atoms with van der Waals surface area (Å²) in [5, 5.41) is 3.13. The van der Waals surface area contributed by atoms with Gasteiger partial charge in [-0.2, -0.15) is 0 Å². The van der Waals surface area contributed by atoms with Crippen LogP contribution in [0, 0.1) is 6.92 Å². The molecule has 1 aromatic heterocycles. The molecule has 1 atom stereocenters. The van der Waals surface area contributed by atoms with E-state index in [1.54, 1.807) is 6.20 Å². The third-order valence-corrected chi connectivity index (χ3v) is 3.07. The molecular weight excluding hydrogens is 212 g/mol. The van der Waals surface area contributed by atoms with Gasteiger partial charge in [-0.05, 0) is 26.0 Å². The molecule has 0 bridgehead atoms. The second kappa shape index (κ2) is 4.61. The normalized spacial score (nSPS) is 13.5. The fourth-order valence-corrected chi connectivity index (χ4v) is 2.39. The van der Waals surface area contributed by atoms with E-state index in [-0.39, 0.29) is 11.8 Å². The van der Waals surface area contributed by atoms with E-state index in [0.717, 1.165) is 11.4 Å². The maximum atomic E-state index is 11.1. The number of hydrogen-bond donors (Lipinski definition) is 1. The Morgan fingerprint density at radius 2 is 2.20 bits per heavy atom. The van der Waals surface area contributed by atoms with Crippen LogP contribution in [0.3, 0.4) is 0 Å². The molecule has 0 amide bonds. The van der Waals surface area contributed by atoms with E-state index in [1.165, 1.54) is 6.26 Å². The molecule has 1 rings (SSSR count). The van der Waals surface area contributed by atoms with Gasteiger partial charge in [0.1, 0.15) is 9.84 Å². The molecule has 0 unspecified atom stereocenters. The van der Waals surface area contributed by atoms with Crippen molar-refractivity contribution in [2.45, 2.75) is 19.9 Å². The molecule has 0 aliphatic rings. The van der Waals surface area contributed by atoms with Crippen LogP contribution in [0.1, 0.15) is 12.6 Å². The van der Waals surface area contributed by atoms with E-state index < -0.39 is 9.84 Å². The van der Waals surface area contributed by atoms with Crippen LogP contribution in [0.25, 0.3) is 0 Å². The molecule has 0 spiro atoms. The van der Waals surface area contributed by atoms with Crippen molar-refractivity contribution in [3.63, 3.8) is 0 Å². The molecule has 0 radical (unpaired) electrons. The van der Waals surface area contributed by atoms with Crippen LogP contribution < -0.4 is 5.32 Å². The second-order valence-corrected chi connectivity index (χ2v) is 5.96. The first kappa shape index (κ1) is 12.0. The molecule has 0 fully saturated rings. The van der Waals surface area contributed by atoms with E-state index >= 15 is 0 Å². The lowest BCUT2D eigenvalue weighted by Gasteiger charge is -2.15. The number of nitrogens with one attached hydrogen (secondary N) is 1. The zero-order valence-corrected chi connectivity index (χ0v) is 10.0. The highest BCUT2D eigenvalue weighted by Gasteiger charge is 2.10. The predicted molar refractivity (Wildman–Crippen MR) is 61.8 cm³/mol. The molecule has 84 valence electrons. The van der Waals surface area contributed by atoms with E-state index in [4.69, 9.17) is 0 Å². The minimum Gasteiger partial charge on any atom is -0.380 e. The van der Waals surface area contributed by atoms with Gasteiger partial charge in [0.2, 0.25) is 0 Å². The summed E-state index contributed by atoms with van der Waals surface area (Å²) >= 11 is 0. The Balaban J connectivity index is 2.67. The number of aromatic nitrogens is 1. The monoisotopic (exact) mass is 228 g/mol. The van der Waals surface area contributed by atoms with Gasteiger partial charge >= 0.3 is 0 Å². The van der Waals surface area contributed by atoms with Crippen molar-refractivity contribution < 1.29 is 8.42 Å². The average molecular weight is 228 g/mol. The lowest BCUT2D eigenvalue weighted by molar-refractivity contribution is 0.598. The number of nitrogens with zero attached hydrogens (tertiary/aromatic N) is 1. The molecule has 1 heterocycles. The number of rotatable bonds is 4. The highest BCUT2D eigenvalue weighted by molar-refractivity contribution is 7.90. The highest BCUT2D eigenvalue weighted by atomic mass is 32.2. The van der Waals surface area contributed by atoms with Gasteiger partial charge in [-0.1, -0.05) is 0 Å². The Labute approximate surface area is 90.7 Å². The first-order valence-corrected chi connectivity index (χ1v) is 6.80. The summed E-state index contributed by atoms with van der Waals surface area (Å²) in [6, 6.07) is 3.60. The molecule has 1 aromatic rings. The molecule has 4 nitrogen and oxygen atoms in total. The highest BCUT2D eigenvalue weighted by Crippen LogP contribution is 2.12. The van der Waals surface area contributed by atoms with Gasteiger partial charge in [-0.3, -0.25) is 4.98 Å². The van der Waals surface area contributed by atoms with E-state index in [0.29, 0.717) is 0 Å². The quantitative estimate of drug-likeness (QED) is 0.842. The van der Waals surface area contributed by atoms with Gasteiger partial charge in [-0.25, -0.2) is 8.42 Å². The summed E-state index contributed by atoms with van der Waals surface area (Å²) in [5.74, 6) is 0.126. The van der Waals surface area contributed by atoms with Gasteiger partial charge in [0.05, 0.1) is 17.1 Å². The van der Waals surface area contributed by atoms with Crippen molar-refractivity contribution in [1.29, 1.82) is 0 Å². The van der Waals surface area contributed by atoms with Crippen molar-refractivity contribution in [3.8, 4) is 0 Å². The number of pyridine rings is 1. The van der Waals surface area contributed by atoms with Crippen molar-refractivity contribution in [2.24, 2.45) is 0 Å². The van der Waals surface area contributed by atoms with Crippen molar-refractivity contribution >= 4 is 15.5 Å².